The van der Waals surface area contributed by atoms with E-state index < -0.39 is 0 Å². The standard InChI is InChI=1S/C18H24N2O/c1-20(13-16-10-6-7-11-18(16)21-2)14-17(12-19)15-8-4-3-5-9-15/h3-11,17H,12-14,19H2,1-2H3. The zero-order valence-electron chi connectivity index (χ0n) is 12.8. The summed E-state index contributed by atoms with van der Waals surface area (Å²) in [5.74, 6) is 1.29. The van der Waals surface area contributed by atoms with Crippen molar-refractivity contribution in [2.75, 3.05) is 27.2 Å². The quantitative estimate of drug-likeness (QED) is 0.849. The van der Waals surface area contributed by atoms with Crippen molar-refractivity contribution in [3.8, 4) is 5.75 Å². The molecule has 112 valence electrons. The van der Waals surface area contributed by atoms with Crippen molar-refractivity contribution in [3.05, 3.63) is 65.7 Å². The predicted octanol–water partition coefficient (Wildman–Crippen LogP) is 2.87. The fraction of sp³-hybridized carbons (Fsp3) is 0.333. The molecule has 0 bridgehead atoms. The van der Waals surface area contributed by atoms with Gasteiger partial charge in [0.25, 0.3) is 0 Å². The van der Waals surface area contributed by atoms with Crippen LogP contribution < -0.4 is 10.5 Å². The lowest BCUT2D eigenvalue weighted by atomic mass is 9.98. The molecule has 0 saturated heterocycles. The zero-order valence-corrected chi connectivity index (χ0v) is 12.8. The Morgan fingerprint density at radius 1 is 1.05 bits per heavy atom. The summed E-state index contributed by atoms with van der Waals surface area (Å²) in [4.78, 5) is 2.29. The molecule has 0 spiro atoms. The minimum atomic E-state index is 0.353. The second-order valence-corrected chi connectivity index (χ2v) is 5.35. The lowest BCUT2D eigenvalue weighted by molar-refractivity contribution is 0.298. The van der Waals surface area contributed by atoms with Crippen molar-refractivity contribution < 1.29 is 4.74 Å². The number of rotatable bonds is 7. The number of nitrogens with two attached hydrogens (primary N) is 1. The van der Waals surface area contributed by atoms with Gasteiger partial charge in [0.2, 0.25) is 0 Å². The van der Waals surface area contributed by atoms with E-state index in [-0.39, 0.29) is 0 Å². The molecule has 0 aliphatic heterocycles. The third kappa shape index (κ3) is 4.31. The van der Waals surface area contributed by atoms with Crippen molar-refractivity contribution in [1.82, 2.24) is 4.90 Å². The number of hydrogen-bond acceptors (Lipinski definition) is 3. The summed E-state index contributed by atoms with van der Waals surface area (Å²) in [5.41, 5.74) is 8.45. The summed E-state index contributed by atoms with van der Waals surface area (Å²) in [6.07, 6.45) is 0. The molecule has 2 aromatic carbocycles. The molecule has 2 rings (SSSR count). The van der Waals surface area contributed by atoms with Gasteiger partial charge in [0, 0.05) is 31.1 Å². The van der Waals surface area contributed by atoms with E-state index in [2.05, 4.69) is 42.3 Å². The minimum absolute atomic E-state index is 0.353. The van der Waals surface area contributed by atoms with Gasteiger partial charge >= 0.3 is 0 Å². The number of methoxy groups -OCH3 is 1. The van der Waals surface area contributed by atoms with E-state index in [9.17, 15) is 0 Å². The highest BCUT2D eigenvalue weighted by Gasteiger charge is 2.13. The van der Waals surface area contributed by atoms with Crippen LogP contribution >= 0.6 is 0 Å². The maximum absolute atomic E-state index is 5.95. The number of likely N-dealkylation sites (N-methyl/N-ethyl adjacent to an activating group) is 1. The van der Waals surface area contributed by atoms with Crippen molar-refractivity contribution in [2.24, 2.45) is 5.73 Å². The smallest absolute Gasteiger partial charge is 0.123 e. The van der Waals surface area contributed by atoms with E-state index in [4.69, 9.17) is 10.5 Å². The summed E-state index contributed by atoms with van der Waals surface area (Å²) in [5, 5.41) is 0. The van der Waals surface area contributed by atoms with Gasteiger partial charge in [-0.1, -0.05) is 48.5 Å². The normalized spacial score (nSPS) is 12.4. The first-order valence-corrected chi connectivity index (χ1v) is 7.30. The highest BCUT2D eigenvalue weighted by molar-refractivity contribution is 5.33. The van der Waals surface area contributed by atoms with Gasteiger partial charge in [-0.05, 0) is 18.7 Å². The van der Waals surface area contributed by atoms with Crippen LogP contribution in [0.2, 0.25) is 0 Å². The zero-order chi connectivity index (χ0) is 15.1. The third-order valence-corrected chi connectivity index (χ3v) is 3.72. The third-order valence-electron chi connectivity index (χ3n) is 3.72. The maximum Gasteiger partial charge on any atom is 0.123 e. The molecule has 0 aliphatic rings. The molecule has 0 saturated carbocycles. The Morgan fingerprint density at radius 3 is 2.38 bits per heavy atom. The lowest BCUT2D eigenvalue weighted by Crippen LogP contribution is -2.28. The monoisotopic (exact) mass is 284 g/mol. The molecular weight excluding hydrogens is 260 g/mol. The summed E-state index contributed by atoms with van der Waals surface area (Å²) >= 11 is 0. The first kappa shape index (κ1) is 15.5. The van der Waals surface area contributed by atoms with Gasteiger partial charge in [0.05, 0.1) is 7.11 Å². The van der Waals surface area contributed by atoms with E-state index in [0.29, 0.717) is 12.5 Å². The molecular formula is C18H24N2O. The van der Waals surface area contributed by atoms with Crippen LogP contribution in [0.1, 0.15) is 17.0 Å². The van der Waals surface area contributed by atoms with Gasteiger partial charge < -0.3 is 15.4 Å². The Kier molecular flexibility index (Phi) is 5.78. The number of benzene rings is 2. The molecule has 0 fully saturated rings. The molecule has 1 atom stereocenters. The molecule has 3 heteroatoms. The number of para-hydroxylation sites is 1. The highest BCUT2D eigenvalue weighted by atomic mass is 16.5. The summed E-state index contributed by atoms with van der Waals surface area (Å²) < 4.78 is 5.41. The molecule has 0 radical (unpaired) electrons. The summed E-state index contributed by atoms with van der Waals surface area (Å²) in [6.45, 7) is 2.44. The molecule has 0 aromatic heterocycles. The highest BCUT2D eigenvalue weighted by Crippen LogP contribution is 2.21. The van der Waals surface area contributed by atoms with Gasteiger partial charge in [0.1, 0.15) is 5.75 Å². The van der Waals surface area contributed by atoms with Crippen molar-refractivity contribution >= 4 is 0 Å². The van der Waals surface area contributed by atoms with Gasteiger partial charge in [-0.2, -0.15) is 0 Å². The van der Waals surface area contributed by atoms with Gasteiger partial charge in [0.15, 0.2) is 0 Å². The van der Waals surface area contributed by atoms with Crippen molar-refractivity contribution in [3.63, 3.8) is 0 Å². The van der Waals surface area contributed by atoms with Crippen LogP contribution in [0.25, 0.3) is 0 Å². The summed E-state index contributed by atoms with van der Waals surface area (Å²) in [6, 6.07) is 18.6. The van der Waals surface area contributed by atoms with Crippen LogP contribution in [0, 0.1) is 0 Å². The van der Waals surface area contributed by atoms with E-state index in [1.165, 1.54) is 11.1 Å². The maximum atomic E-state index is 5.95. The van der Waals surface area contributed by atoms with E-state index >= 15 is 0 Å². The summed E-state index contributed by atoms with van der Waals surface area (Å²) in [7, 11) is 3.84. The Hall–Kier alpha value is -1.84. The molecule has 2 N–H and O–H groups in total. The average Bonchev–Trinajstić information content (AvgIpc) is 2.54. The lowest BCUT2D eigenvalue weighted by Gasteiger charge is -2.24. The second kappa shape index (κ2) is 7.81. The molecule has 0 heterocycles. The molecule has 3 nitrogen and oxygen atoms in total. The van der Waals surface area contributed by atoms with Crippen LogP contribution in [0.5, 0.6) is 5.75 Å². The van der Waals surface area contributed by atoms with Crippen LogP contribution in [-0.2, 0) is 6.54 Å². The van der Waals surface area contributed by atoms with Crippen molar-refractivity contribution in [2.45, 2.75) is 12.5 Å². The van der Waals surface area contributed by atoms with Crippen LogP contribution in [0.4, 0.5) is 0 Å². The number of nitrogens with zero attached hydrogens (tertiary/aromatic N) is 1. The molecule has 0 amide bonds. The van der Waals surface area contributed by atoms with Crippen LogP contribution in [-0.4, -0.2) is 32.1 Å². The fourth-order valence-corrected chi connectivity index (χ4v) is 2.61. The van der Waals surface area contributed by atoms with Gasteiger partial charge in [-0.15, -0.1) is 0 Å². The SMILES string of the molecule is COc1ccccc1CN(C)CC(CN)c1ccccc1. The van der Waals surface area contributed by atoms with E-state index in [1.54, 1.807) is 7.11 Å². The Labute approximate surface area is 127 Å². The van der Waals surface area contributed by atoms with Crippen LogP contribution in [0.15, 0.2) is 54.6 Å². The van der Waals surface area contributed by atoms with Gasteiger partial charge in [-0.3, -0.25) is 0 Å². The topological polar surface area (TPSA) is 38.5 Å². The Bertz CT molecular complexity index is 542. The van der Waals surface area contributed by atoms with E-state index in [0.717, 1.165) is 18.8 Å². The first-order chi connectivity index (χ1) is 10.2. The van der Waals surface area contributed by atoms with E-state index in [1.807, 2.05) is 24.3 Å². The fourth-order valence-electron chi connectivity index (χ4n) is 2.61. The molecule has 0 aliphatic carbocycles. The predicted molar refractivity (Wildman–Crippen MR) is 87.6 cm³/mol. The van der Waals surface area contributed by atoms with Gasteiger partial charge in [-0.25, -0.2) is 0 Å². The largest absolute Gasteiger partial charge is 0.496 e. The number of hydrogen-bond donors (Lipinski definition) is 1. The first-order valence-electron chi connectivity index (χ1n) is 7.30. The molecule has 21 heavy (non-hydrogen) atoms. The Balaban J connectivity index is 2.01. The number of ether oxygens (including phenoxy) is 1. The van der Waals surface area contributed by atoms with Crippen molar-refractivity contribution in [1.29, 1.82) is 0 Å². The van der Waals surface area contributed by atoms with Crippen LogP contribution in [0.3, 0.4) is 0 Å². The molecule has 1 unspecified atom stereocenters. The second-order valence-electron chi connectivity index (χ2n) is 5.35. The molecule has 2 aromatic rings. The Morgan fingerprint density at radius 2 is 1.71 bits per heavy atom. The average molecular weight is 284 g/mol. The minimum Gasteiger partial charge on any atom is -0.496 e.